The quantitative estimate of drug-likeness (QED) is 0.476. The molecular formula is C25H24N2O. The number of carbonyl (C=O) groups excluding carboxylic acids is 1. The summed E-state index contributed by atoms with van der Waals surface area (Å²) >= 11 is 0. The van der Waals surface area contributed by atoms with E-state index in [0.717, 1.165) is 22.2 Å². The van der Waals surface area contributed by atoms with Gasteiger partial charge in [0.25, 0.3) is 0 Å². The molecule has 0 fully saturated rings. The van der Waals surface area contributed by atoms with Gasteiger partial charge in [-0.2, -0.15) is 0 Å². The lowest BCUT2D eigenvalue weighted by atomic mass is 9.87. The standard InChI is InChI=1S/C25H24N2O/c1-18-11-13-20(14-12-18)22(23-17-26-24-10-6-5-9-21(23)24)15-25(28)27-16-19-7-3-2-4-8-19/h2-14,17,22,26H,15-16H2,1H3,(H,27,28)/t22-/m1/s1. The van der Waals surface area contributed by atoms with Crippen LogP contribution in [0.4, 0.5) is 0 Å². The van der Waals surface area contributed by atoms with Gasteiger partial charge in [0.2, 0.25) is 5.91 Å². The smallest absolute Gasteiger partial charge is 0.221 e. The third-order valence-electron chi connectivity index (χ3n) is 5.20. The highest BCUT2D eigenvalue weighted by atomic mass is 16.1. The van der Waals surface area contributed by atoms with Crippen LogP contribution in [0.2, 0.25) is 0 Å². The Labute approximate surface area is 165 Å². The van der Waals surface area contributed by atoms with Crippen molar-refractivity contribution in [2.45, 2.75) is 25.8 Å². The molecule has 0 aliphatic rings. The Morgan fingerprint density at radius 3 is 2.43 bits per heavy atom. The van der Waals surface area contributed by atoms with Crippen LogP contribution in [0.3, 0.4) is 0 Å². The SMILES string of the molecule is Cc1ccc([C@@H](CC(=O)NCc2ccccc2)c2c[nH]c3ccccc23)cc1. The molecule has 0 aliphatic carbocycles. The van der Waals surface area contributed by atoms with Crippen LogP contribution in [-0.2, 0) is 11.3 Å². The third-order valence-corrected chi connectivity index (χ3v) is 5.20. The topological polar surface area (TPSA) is 44.9 Å². The van der Waals surface area contributed by atoms with Crippen LogP contribution < -0.4 is 5.32 Å². The van der Waals surface area contributed by atoms with Gasteiger partial charge in [-0.25, -0.2) is 0 Å². The van der Waals surface area contributed by atoms with Gasteiger partial charge in [-0.15, -0.1) is 0 Å². The first-order chi connectivity index (χ1) is 13.7. The lowest BCUT2D eigenvalue weighted by Gasteiger charge is -2.17. The summed E-state index contributed by atoms with van der Waals surface area (Å²) in [5.74, 6) is 0.0623. The van der Waals surface area contributed by atoms with Gasteiger partial charge >= 0.3 is 0 Å². The highest BCUT2D eigenvalue weighted by molar-refractivity contribution is 5.86. The molecule has 3 aromatic carbocycles. The number of aryl methyl sites for hydroxylation is 1. The summed E-state index contributed by atoms with van der Waals surface area (Å²) in [4.78, 5) is 16.1. The summed E-state index contributed by atoms with van der Waals surface area (Å²) < 4.78 is 0. The fourth-order valence-corrected chi connectivity index (χ4v) is 3.64. The second-order valence-corrected chi connectivity index (χ2v) is 7.22. The van der Waals surface area contributed by atoms with Crippen molar-refractivity contribution in [1.29, 1.82) is 0 Å². The zero-order valence-electron chi connectivity index (χ0n) is 16.0. The van der Waals surface area contributed by atoms with Crippen molar-refractivity contribution in [3.05, 3.63) is 107 Å². The predicted molar refractivity (Wildman–Crippen MR) is 114 cm³/mol. The predicted octanol–water partition coefficient (Wildman–Crippen LogP) is 5.31. The summed E-state index contributed by atoms with van der Waals surface area (Å²) in [6.07, 6.45) is 2.46. The third kappa shape index (κ3) is 3.99. The number of hydrogen-bond acceptors (Lipinski definition) is 1. The lowest BCUT2D eigenvalue weighted by Crippen LogP contribution is -2.25. The Balaban J connectivity index is 1.60. The molecule has 0 saturated heterocycles. The average molecular weight is 368 g/mol. The number of hydrogen-bond donors (Lipinski definition) is 2. The molecule has 0 unspecified atom stereocenters. The van der Waals surface area contributed by atoms with E-state index < -0.39 is 0 Å². The number of benzene rings is 3. The van der Waals surface area contributed by atoms with E-state index in [1.54, 1.807) is 0 Å². The first-order valence-corrected chi connectivity index (χ1v) is 9.64. The molecule has 3 nitrogen and oxygen atoms in total. The molecule has 0 radical (unpaired) electrons. The summed E-state index contributed by atoms with van der Waals surface area (Å²) in [6, 6.07) is 26.7. The molecule has 0 bridgehead atoms. The van der Waals surface area contributed by atoms with Crippen molar-refractivity contribution >= 4 is 16.8 Å². The van der Waals surface area contributed by atoms with E-state index in [9.17, 15) is 4.79 Å². The minimum absolute atomic E-state index is 0.00697. The average Bonchev–Trinajstić information content (AvgIpc) is 3.16. The molecule has 0 aliphatic heterocycles. The molecule has 2 N–H and O–H groups in total. The summed E-state index contributed by atoms with van der Waals surface area (Å²) in [5, 5.41) is 4.24. The number of amides is 1. The summed E-state index contributed by atoms with van der Waals surface area (Å²) in [7, 11) is 0. The number of fused-ring (bicyclic) bond motifs is 1. The van der Waals surface area contributed by atoms with Crippen LogP contribution in [0.5, 0.6) is 0 Å². The number of rotatable bonds is 6. The largest absolute Gasteiger partial charge is 0.361 e. The molecule has 4 aromatic rings. The minimum Gasteiger partial charge on any atom is -0.361 e. The highest BCUT2D eigenvalue weighted by Gasteiger charge is 2.21. The van der Waals surface area contributed by atoms with Gasteiger partial charge in [-0.3, -0.25) is 4.79 Å². The Kier molecular flexibility index (Phi) is 5.24. The maximum absolute atomic E-state index is 12.8. The van der Waals surface area contributed by atoms with Gasteiger partial charge in [0.15, 0.2) is 0 Å². The molecule has 28 heavy (non-hydrogen) atoms. The summed E-state index contributed by atoms with van der Waals surface area (Å²) in [5.41, 5.74) is 5.74. The van der Waals surface area contributed by atoms with E-state index in [1.165, 1.54) is 10.9 Å². The van der Waals surface area contributed by atoms with Crippen LogP contribution >= 0.6 is 0 Å². The molecule has 1 aromatic heterocycles. The molecule has 0 spiro atoms. The molecule has 1 atom stereocenters. The molecule has 4 rings (SSSR count). The van der Waals surface area contributed by atoms with Crippen molar-refractivity contribution in [1.82, 2.24) is 10.3 Å². The molecule has 140 valence electrons. The number of aromatic amines is 1. The second kappa shape index (κ2) is 8.13. The monoisotopic (exact) mass is 368 g/mol. The van der Waals surface area contributed by atoms with Gasteiger partial charge in [0.1, 0.15) is 0 Å². The first-order valence-electron chi connectivity index (χ1n) is 9.64. The van der Waals surface area contributed by atoms with Crippen molar-refractivity contribution in [2.24, 2.45) is 0 Å². The Morgan fingerprint density at radius 2 is 1.64 bits per heavy atom. The van der Waals surface area contributed by atoms with Gasteiger partial charge in [-0.05, 0) is 29.7 Å². The second-order valence-electron chi connectivity index (χ2n) is 7.22. The number of H-pyrrole nitrogens is 1. The number of carbonyl (C=O) groups is 1. The molecule has 1 heterocycles. The van der Waals surface area contributed by atoms with Gasteiger partial charge in [0.05, 0.1) is 0 Å². The van der Waals surface area contributed by atoms with Crippen molar-refractivity contribution < 1.29 is 4.79 Å². The van der Waals surface area contributed by atoms with Gasteiger partial charge < -0.3 is 10.3 Å². The van der Waals surface area contributed by atoms with Crippen molar-refractivity contribution in [2.75, 3.05) is 0 Å². The highest BCUT2D eigenvalue weighted by Crippen LogP contribution is 2.33. The maximum atomic E-state index is 12.8. The van der Waals surface area contributed by atoms with E-state index >= 15 is 0 Å². The van der Waals surface area contributed by atoms with Crippen molar-refractivity contribution in [3.63, 3.8) is 0 Å². The normalized spacial score (nSPS) is 12.0. The van der Waals surface area contributed by atoms with E-state index in [4.69, 9.17) is 0 Å². The number of para-hydroxylation sites is 1. The fourth-order valence-electron chi connectivity index (χ4n) is 3.64. The Hall–Kier alpha value is -3.33. The molecule has 0 saturated carbocycles. The van der Waals surface area contributed by atoms with Gasteiger partial charge in [0, 0.05) is 36.0 Å². The van der Waals surface area contributed by atoms with Crippen LogP contribution in [0.1, 0.15) is 34.6 Å². The van der Waals surface area contributed by atoms with E-state index in [-0.39, 0.29) is 11.8 Å². The molecule has 1 amide bonds. The lowest BCUT2D eigenvalue weighted by molar-refractivity contribution is -0.121. The Bertz CT molecular complexity index is 1060. The Morgan fingerprint density at radius 1 is 0.929 bits per heavy atom. The van der Waals surface area contributed by atoms with Gasteiger partial charge in [-0.1, -0.05) is 78.4 Å². The molecule has 3 heteroatoms. The van der Waals surface area contributed by atoms with E-state index in [1.807, 2.05) is 48.7 Å². The zero-order valence-corrected chi connectivity index (χ0v) is 16.0. The van der Waals surface area contributed by atoms with Crippen LogP contribution in [0, 0.1) is 6.92 Å². The van der Waals surface area contributed by atoms with Crippen LogP contribution in [0.25, 0.3) is 10.9 Å². The fraction of sp³-hybridized carbons (Fsp3) is 0.160. The zero-order chi connectivity index (χ0) is 19.3. The number of nitrogens with one attached hydrogen (secondary N) is 2. The first kappa shape index (κ1) is 18.1. The van der Waals surface area contributed by atoms with Crippen LogP contribution in [0.15, 0.2) is 85.1 Å². The van der Waals surface area contributed by atoms with E-state index in [0.29, 0.717) is 13.0 Å². The molecular weight excluding hydrogens is 344 g/mol. The number of aromatic nitrogens is 1. The van der Waals surface area contributed by atoms with Crippen molar-refractivity contribution in [3.8, 4) is 0 Å². The van der Waals surface area contributed by atoms with E-state index in [2.05, 4.69) is 53.6 Å². The van der Waals surface area contributed by atoms with Crippen LogP contribution in [-0.4, -0.2) is 10.9 Å². The minimum atomic E-state index is 0.00697. The maximum Gasteiger partial charge on any atom is 0.221 e. The summed E-state index contributed by atoms with van der Waals surface area (Å²) in [6.45, 7) is 2.63.